The molecule has 1 aromatic rings. The van der Waals surface area contributed by atoms with E-state index in [0.717, 1.165) is 26.2 Å². The third kappa shape index (κ3) is 2.53. The van der Waals surface area contributed by atoms with Crippen LogP contribution < -0.4 is 4.74 Å². The van der Waals surface area contributed by atoms with Gasteiger partial charge in [0.15, 0.2) is 23.3 Å². The molecule has 0 saturated carbocycles. The SMILES string of the molecule is COc1c([C@H]2C(C#N)O[C@@](C)(C(F)(F)F)[C@H]2C)ccc(F)c1F. The molecule has 0 aromatic heterocycles. The minimum atomic E-state index is -4.72. The van der Waals surface area contributed by atoms with Gasteiger partial charge in [0, 0.05) is 17.4 Å². The Labute approximate surface area is 129 Å². The van der Waals surface area contributed by atoms with Gasteiger partial charge in [0.05, 0.1) is 13.2 Å². The van der Waals surface area contributed by atoms with Crippen LogP contribution in [0.25, 0.3) is 0 Å². The second-order valence-corrected chi connectivity index (χ2v) is 5.57. The maximum atomic E-state index is 13.9. The summed E-state index contributed by atoms with van der Waals surface area (Å²) in [6.45, 7) is 2.10. The number of nitrogens with zero attached hydrogens (tertiary/aromatic N) is 1. The van der Waals surface area contributed by atoms with E-state index in [-0.39, 0.29) is 5.56 Å². The summed E-state index contributed by atoms with van der Waals surface area (Å²) < 4.78 is 76.9. The first-order valence-electron chi connectivity index (χ1n) is 6.74. The second kappa shape index (κ2) is 5.64. The number of hydrogen-bond donors (Lipinski definition) is 0. The van der Waals surface area contributed by atoms with E-state index < -0.39 is 47.1 Å². The molecule has 0 aliphatic carbocycles. The first-order chi connectivity index (χ1) is 10.6. The third-order valence-electron chi connectivity index (χ3n) is 4.44. The van der Waals surface area contributed by atoms with Crippen LogP contribution in [0.15, 0.2) is 12.1 Å². The molecule has 0 bridgehead atoms. The molecule has 1 fully saturated rings. The summed E-state index contributed by atoms with van der Waals surface area (Å²) in [5.41, 5.74) is -2.60. The normalized spacial score (nSPS) is 31.0. The molecule has 1 aliphatic rings. The van der Waals surface area contributed by atoms with Gasteiger partial charge in [-0.25, -0.2) is 4.39 Å². The molecule has 2 rings (SSSR count). The van der Waals surface area contributed by atoms with Gasteiger partial charge in [0.25, 0.3) is 0 Å². The van der Waals surface area contributed by atoms with E-state index in [1.165, 1.54) is 6.92 Å². The monoisotopic (exact) mass is 335 g/mol. The molecule has 23 heavy (non-hydrogen) atoms. The minimum Gasteiger partial charge on any atom is -0.493 e. The van der Waals surface area contributed by atoms with Crippen molar-refractivity contribution in [1.29, 1.82) is 5.26 Å². The van der Waals surface area contributed by atoms with E-state index >= 15 is 0 Å². The average molecular weight is 335 g/mol. The van der Waals surface area contributed by atoms with Gasteiger partial charge in [-0.3, -0.25) is 0 Å². The molecule has 1 saturated heterocycles. The minimum absolute atomic E-state index is 0.0292. The predicted octanol–water partition coefficient (Wildman–Crippen LogP) is 3.94. The fraction of sp³-hybridized carbons (Fsp3) is 0.533. The van der Waals surface area contributed by atoms with Crippen LogP contribution in [-0.4, -0.2) is 25.0 Å². The smallest absolute Gasteiger partial charge is 0.417 e. The fourth-order valence-electron chi connectivity index (χ4n) is 2.93. The zero-order valence-electron chi connectivity index (χ0n) is 12.5. The van der Waals surface area contributed by atoms with Gasteiger partial charge in [-0.15, -0.1) is 0 Å². The van der Waals surface area contributed by atoms with Gasteiger partial charge in [-0.2, -0.15) is 22.8 Å². The number of halogens is 5. The lowest BCUT2D eigenvalue weighted by Crippen LogP contribution is -2.46. The van der Waals surface area contributed by atoms with Gasteiger partial charge >= 0.3 is 6.18 Å². The highest BCUT2D eigenvalue weighted by atomic mass is 19.4. The predicted molar refractivity (Wildman–Crippen MR) is 69.8 cm³/mol. The van der Waals surface area contributed by atoms with E-state index in [1.54, 1.807) is 6.07 Å². The Kier molecular flexibility index (Phi) is 4.28. The largest absolute Gasteiger partial charge is 0.493 e. The zero-order valence-corrected chi connectivity index (χ0v) is 12.5. The number of alkyl halides is 3. The van der Waals surface area contributed by atoms with Gasteiger partial charge in [0.1, 0.15) is 0 Å². The van der Waals surface area contributed by atoms with Crippen LogP contribution in [0.1, 0.15) is 25.3 Å². The Morgan fingerprint density at radius 1 is 1.30 bits per heavy atom. The Morgan fingerprint density at radius 2 is 1.91 bits per heavy atom. The van der Waals surface area contributed by atoms with E-state index in [2.05, 4.69) is 0 Å². The number of nitriles is 1. The van der Waals surface area contributed by atoms with Gasteiger partial charge in [0.2, 0.25) is 5.82 Å². The summed E-state index contributed by atoms with van der Waals surface area (Å²) in [6, 6.07) is 3.57. The van der Waals surface area contributed by atoms with Crippen LogP contribution >= 0.6 is 0 Å². The highest BCUT2D eigenvalue weighted by Gasteiger charge is 2.64. The molecule has 1 heterocycles. The van der Waals surface area contributed by atoms with E-state index in [4.69, 9.17) is 14.7 Å². The second-order valence-electron chi connectivity index (χ2n) is 5.57. The van der Waals surface area contributed by atoms with E-state index in [9.17, 15) is 22.0 Å². The van der Waals surface area contributed by atoms with Crippen molar-refractivity contribution in [3.05, 3.63) is 29.3 Å². The molecular weight excluding hydrogens is 321 g/mol. The van der Waals surface area contributed by atoms with Gasteiger partial charge < -0.3 is 9.47 Å². The number of methoxy groups -OCH3 is 1. The van der Waals surface area contributed by atoms with Crippen molar-refractivity contribution >= 4 is 0 Å². The van der Waals surface area contributed by atoms with E-state index in [0.29, 0.717) is 0 Å². The lowest BCUT2D eigenvalue weighted by molar-refractivity contribution is -0.270. The summed E-state index contributed by atoms with van der Waals surface area (Å²) in [4.78, 5) is 0. The Morgan fingerprint density at radius 3 is 2.39 bits per heavy atom. The maximum Gasteiger partial charge on any atom is 0.417 e. The Bertz CT molecular complexity index is 654. The van der Waals surface area contributed by atoms with Crippen molar-refractivity contribution in [2.24, 2.45) is 5.92 Å². The third-order valence-corrected chi connectivity index (χ3v) is 4.44. The van der Waals surface area contributed by atoms with Crippen molar-refractivity contribution < 1.29 is 31.4 Å². The summed E-state index contributed by atoms with van der Waals surface area (Å²) in [5.74, 6) is -5.33. The van der Waals surface area contributed by atoms with Crippen LogP contribution in [0.2, 0.25) is 0 Å². The summed E-state index contributed by atoms with van der Waals surface area (Å²) in [5, 5.41) is 9.15. The topological polar surface area (TPSA) is 42.2 Å². The highest BCUT2D eigenvalue weighted by Crippen LogP contribution is 2.54. The summed E-state index contributed by atoms with van der Waals surface area (Å²) in [6.07, 6.45) is -6.18. The summed E-state index contributed by atoms with van der Waals surface area (Å²) >= 11 is 0. The number of ether oxygens (including phenoxy) is 2. The van der Waals surface area contributed by atoms with Gasteiger partial charge in [-0.1, -0.05) is 13.0 Å². The average Bonchev–Trinajstić information content (AvgIpc) is 2.74. The lowest BCUT2D eigenvalue weighted by atomic mass is 9.77. The molecule has 0 spiro atoms. The van der Waals surface area contributed by atoms with Crippen LogP contribution in [0.3, 0.4) is 0 Å². The van der Waals surface area contributed by atoms with Crippen molar-refractivity contribution in [3.63, 3.8) is 0 Å². The maximum absolute atomic E-state index is 13.9. The first kappa shape index (κ1) is 17.5. The summed E-state index contributed by atoms with van der Waals surface area (Å²) in [7, 11) is 1.08. The first-order valence-corrected chi connectivity index (χ1v) is 6.74. The molecule has 1 aromatic carbocycles. The standard InChI is InChI=1S/C15H14F5NO2/c1-7-11(8-4-5-9(16)12(17)13(8)22-3)10(6-21)23-14(7,2)15(18,19)20/h4-5,7,10-11H,1-3H3/t7-,10?,11-,14+/m0/s1. The number of rotatable bonds is 2. The molecule has 4 atom stereocenters. The lowest BCUT2D eigenvalue weighted by Gasteiger charge is -2.31. The van der Waals surface area contributed by atoms with Crippen LogP contribution in [0, 0.1) is 28.9 Å². The molecule has 0 N–H and O–H groups in total. The van der Waals surface area contributed by atoms with Crippen molar-refractivity contribution in [3.8, 4) is 11.8 Å². The van der Waals surface area contributed by atoms with Crippen LogP contribution in [0.5, 0.6) is 5.75 Å². The van der Waals surface area contributed by atoms with Gasteiger partial charge in [-0.05, 0) is 13.0 Å². The Hall–Kier alpha value is -1.88. The molecule has 1 unspecified atom stereocenters. The van der Waals surface area contributed by atoms with Crippen LogP contribution in [0.4, 0.5) is 22.0 Å². The molecule has 126 valence electrons. The Balaban J connectivity index is 2.60. The van der Waals surface area contributed by atoms with Crippen LogP contribution in [-0.2, 0) is 4.74 Å². The zero-order chi connectivity index (χ0) is 17.6. The van der Waals surface area contributed by atoms with Crippen molar-refractivity contribution in [2.75, 3.05) is 7.11 Å². The van der Waals surface area contributed by atoms with E-state index in [1.807, 2.05) is 0 Å². The molecular formula is C15H14F5NO2. The molecule has 0 radical (unpaired) electrons. The number of hydrogen-bond acceptors (Lipinski definition) is 3. The fourth-order valence-corrected chi connectivity index (χ4v) is 2.93. The van der Waals surface area contributed by atoms with Crippen molar-refractivity contribution in [2.45, 2.75) is 37.6 Å². The van der Waals surface area contributed by atoms with Crippen molar-refractivity contribution in [1.82, 2.24) is 0 Å². The molecule has 3 nitrogen and oxygen atoms in total. The molecule has 1 aliphatic heterocycles. The number of benzene rings is 1. The quantitative estimate of drug-likeness (QED) is 0.769. The molecule has 8 heteroatoms. The highest BCUT2D eigenvalue weighted by molar-refractivity contribution is 5.41. The molecule has 0 amide bonds.